The molecule has 0 radical (unpaired) electrons. The summed E-state index contributed by atoms with van der Waals surface area (Å²) in [7, 11) is 0. The van der Waals surface area contributed by atoms with Crippen molar-refractivity contribution in [1.82, 2.24) is 4.90 Å². The predicted octanol–water partition coefficient (Wildman–Crippen LogP) is 1.79. The first kappa shape index (κ1) is 10.5. The fourth-order valence-corrected chi connectivity index (χ4v) is 4.35. The number of carbonyl (C=O) groups excluding carboxylic acids is 1. The number of fused-ring (bicyclic) bond motifs is 1. The highest BCUT2D eigenvalue weighted by Crippen LogP contribution is 2.42. The van der Waals surface area contributed by atoms with Gasteiger partial charge in [-0.15, -0.1) is 0 Å². The minimum Gasteiger partial charge on any atom is -0.298 e. The molecule has 0 aromatic rings. The number of carbonyl (C=O) groups is 1. The maximum absolute atomic E-state index is 11.9. The van der Waals surface area contributed by atoms with Gasteiger partial charge in [-0.25, -0.2) is 0 Å². The fourth-order valence-electron chi connectivity index (χ4n) is 2.81. The van der Waals surface area contributed by atoms with E-state index >= 15 is 0 Å². The lowest BCUT2D eigenvalue weighted by Crippen LogP contribution is -2.39. The maximum Gasteiger partial charge on any atom is 0.150 e. The molecule has 0 aromatic heterocycles. The Kier molecular flexibility index (Phi) is 3.17. The highest BCUT2D eigenvalue weighted by atomic mass is 32.2. The highest BCUT2D eigenvalue weighted by molar-refractivity contribution is 8.00. The van der Waals surface area contributed by atoms with Crippen molar-refractivity contribution in [3.63, 3.8) is 0 Å². The van der Waals surface area contributed by atoms with E-state index in [2.05, 4.69) is 23.6 Å². The molecule has 2 nitrogen and oxygen atoms in total. The molecule has 14 heavy (non-hydrogen) atoms. The van der Waals surface area contributed by atoms with E-state index < -0.39 is 0 Å². The Morgan fingerprint density at radius 3 is 2.93 bits per heavy atom. The predicted molar refractivity (Wildman–Crippen MR) is 60.7 cm³/mol. The molecule has 3 atom stereocenters. The number of hydrogen-bond acceptors (Lipinski definition) is 3. The molecule has 2 fully saturated rings. The van der Waals surface area contributed by atoms with Crippen LogP contribution in [0, 0.1) is 5.92 Å². The second-order valence-corrected chi connectivity index (χ2v) is 5.56. The zero-order chi connectivity index (χ0) is 10.1. The van der Waals surface area contributed by atoms with E-state index in [1.165, 1.54) is 12.2 Å². The van der Waals surface area contributed by atoms with Gasteiger partial charge in [0.1, 0.15) is 5.78 Å². The first-order valence-electron chi connectivity index (χ1n) is 5.66. The van der Waals surface area contributed by atoms with Gasteiger partial charge in [0.2, 0.25) is 0 Å². The van der Waals surface area contributed by atoms with Crippen LogP contribution in [0.1, 0.15) is 26.7 Å². The number of rotatable bonds is 3. The second kappa shape index (κ2) is 4.23. The third-order valence-corrected chi connectivity index (χ3v) is 4.96. The third kappa shape index (κ3) is 1.61. The molecule has 3 heteroatoms. The fraction of sp³-hybridized carbons (Fsp3) is 0.909. The van der Waals surface area contributed by atoms with Crippen molar-refractivity contribution in [2.24, 2.45) is 5.92 Å². The molecular formula is C11H19NOS. The summed E-state index contributed by atoms with van der Waals surface area (Å²) in [6.07, 6.45) is 1.96. The lowest BCUT2D eigenvalue weighted by atomic mass is 9.93. The molecule has 2 saturated heterocycles. The van der Waals surface area contributed by atoms with Crippen molar-refractivity contribution in [2.45, 2.75) is 38.0 Å². The first-order chi connectivity index (χ1) is 6.77. The van der Waals surface area contributed by atoms with Gasteiger partial charge in [0.05, 0.1) is 6.04 Å². The maximum atomic E-state index is 11.9. The number of Topliss-reactive ketones (excluding diaryl/α,β-unsaturated/α-hetero) is 1. The van der Waals surface area contributed by atoms with Gasteiger partial charge in [-0.3, -0.25) is 9.69 Å². The van der Waals surface area contributed by atoms with Gasteiger partial charge >= 0.3 is 0 Å². The lowest BCUT2D eigenvalue weighted by molar-refractivity contribution is -0.124. The Bertz CT molecular complexity index is 231. The second-order valence-electron chi connectivity index (χ2n) is 4.21. The standard InChI is InChI=1S/C11H19NOS/c1-3-9(13)11-8-5-6-14-10(8)7-12(11)4-2/h8,10-11H,3-7H2,1-2H3. The van der Waals surface area contributed by atoms with Crippen molar-refractivity contribution in [1.29, 1.82) is 0 Å². The van der Waals surface area contributed by atoms with E-state index in [0.29, 0.717) is 18.1 Å². The first-order valence-corrected chi connectivity index (χ1v) is 6.71. The van der Waals surface area contributed by atoms with Crippen LogP contribution in [0.15, 0.2) is 0 Å². The van der Waals surface area contributed by atoms with Crippen LogP contribution in [-0.4, -0.2) is 40.8 Å². The Morgan fingerprint density at radius 2 is 2.29 bits per heavy atom. The van der Waals surface area contributed by atoms with Crippen LogP contribution in [0.2, 0.25) is 0 Å². The van der Waals surface area contributed by atoms with Crippen LogP contribution in [-0.2, 0) is 4.79 Å². The molecule has 0 bridgehead atoms. The summed E-state index contributed by atoms with van der Waals surface area (Å²) >= 11 is 2.07. The van der Waals surface area contributed by atoms with E-state index in [9.17, 15) is 4.79 Å². The summed E-state index contributed by atoms with van der Waals surface area (Å²) < 4.78 is 0. The minimum atomic E-state index is 0.255. The van der Waals surface area contributed by atoms with E-state index in [1.807, 2.05) is 6.92 Å². The SMILES string of the molecule is CCC(=O)C1C2CCSC2CN1CC. The van der Waals surface area contributed by atoms with Gasteiger partial charge in [-0.05, 0) is 24.6 Å². The summed E-state index contributed by atoms with van der Waals surface area (Å²) in [5, 5.41) is 0.746. The molecule has 0 spiro atoms. The molecule has 0 amide bonds. The van der Waals surface area contributed by atoms with Gasteiger partial charge in [-0.1, -0.05) is 13.8 Å². The molecule has 2 heterocycles. The highest BCUT2D eigenvalue weighted by Gasteiger charge is 2.46. The summed E-state index contributed by atoms with van der Waals surface area (Å²) in [5.74, 6) is 2.38. The molecule has 0 aliphatic carbocycles. The minimum absolute atomic E-state index is 0.255. The van der Waals surface area contributed by atoms with Crippen molar-refractivity contribution < 1.29 is 4.79 Å². The van der Waals surface area contributed by atoms with Crippen LogP contribution in [0.25, 0.3) is 0 Å². The van der Waals surface area contributed by atoms with Gasteiger partial charge < -0.3 is 0 Å². The van der Waals surface area contributed by atoms with E-state index in [1.54, 1.807) is 0 Å². The summed E-state index contributed by atoms with van der Waals surface area (Å²) in [6.45, 7) is 6.33. The summed E-state index contributed by atoms with van der Waals surface area (Å²) in [5.41, 5.74) is 0. The molecule has 0 N–H and O–H groups in total. The quantitative estimate of drug-likeness (QED) is 0.713. The van der Waals surface area contributed by atoms with Crippen LogP contribution < -0.4 is 0 Å². The molecule has 80 valence electrons. The van der Waals surface area contributed by atoms with Crippen molar-refractivity contribution >= 4 is 17.5 Å². The van der Waals surface area contributed by atoms with Gasteiger partial charge in [-0.2, -0.15) is 11.8 Å². The topological polar surface area (TPSA) is 20.3 Å². The van der Waals surface area contributed by atoms with E-state index in [4.69, 9.17) is 0 Å². The molecule has 2 rings (SSSR count). The van der Waals surface area contributed by atoms with Gasteiger partial charge in [0.25, 0.3) is 0 Å². The average molecular weight is 213 g/mol. The molecule has 3 unspecified atom stereocenters. The Labute approximate surface area is 90.4 Å². The van der Waals surface area contributed by atoms with Crippen molar-refractivity contribution in [2.75, 3.05) is 18.8 Å². The summed E-state index contributed by atoms with van der Waals surface area (Å²) in [4.78, 5) is 14.3. The van der Waals surface area contributed by atoms with Crippen LogP contribution in [0.3, 0.4) is 0 Å². The smallest absolute Gasteiger partial charge is 0.150 e. The number of ketones is 1. The van der Waals surface area contributed by atoms with Crippen molar-refractivity contribution in [3.8, 4) is 0 Å². The van der Waals surface area contributed by atoms with E-state index in [0.717, 1.165) is 18.3 Å². The number of hydrogen-bond donors (Lipinski definition) is 0. The van der Waals surface area contributed by atoms with E-state index in [-0.39, 0.29) is 6.04 Å². The normalized spacial score (nSPS) is 37.4. The number of likely N-dealkylation sites (tertiary alicyclic amines) is 1. The van der Waals surface area contributed by atoms with Gasteiger partial charge in [0, 0.05) is 18.2 Å². The summed E-state index contributed by atoms with van der Waals surface area (Å²) in [6, 6.07) is 0.255. The average Bonchev–Trinajstić information content (AvgIpc) is 2.74. The lowest BCUT2D eigenvalue weighted by Gasteiger charge is -2.24. The number of thioether (sulfide) groups is 1. The molecule has 2 aliphatic rings. The monoisotopic (exact) mass is 213 g/mol. The zero-order valence-electron chi connectivity index (χ0n) is 9.03. The largest absolute Gasteiger partial charge is 0.298 e. The zero-order valence-corrected chi connectivity index (χ0v) is 9.85. The number of nitrogens with zero attached hydrogens (tertiary/aromatic N) is 1. The van der Waals surface area contributed by atoms with Crippen LogP contribution >= 0.6 is 11.8 Å². The van der Waals surface area contributed by atoms with Crippen LogP contribution in [0.4, 0.5) is 0 Å². The van der Waals surface area contributed by atoms with Crippen molar-refractivity contribution in [3.05, 3.63) is 0 Å². The molecular weight excluding hydrogens is 194 g/mol. The van der Waals surface area contributed by atoms with Gasteiger partial charge in [0.15, 0.2) is 0 Å². The van der Waals surface area contributed by atoms with Crippen LogP contribution in [0.5, 0.6) is 0 Å². The molecule has 0 saturated carbocycles. The Hall–Kier alpha value is -0.0200. The molecule has 0 aromatic carbocycles. The number of likely N-dealkylation sites (N-methyl/N-ethyl adjacent to an activating group) is 1. The Morgan fingerprint density at radius 1 is 1.50 bits per heavy atom. The Balaban J connectivity index is 2.13. The third-order valence-electron chi connectivity index (χ3n) is 3.56. The molecule has 2 aliphatic heterocycles.